The van der Waals surface area contributed by atoms with Gasteiger partial charge in [-0.2, -0.15) is 0 Å². The van der Waals surface area contributed by atoms with Crippen LogP contribution in [0.5, 0.6) is 0 Å². The van der Waals surface area contributed by atoms with Gasteiger partial charge in [0, 0.05) is 12.2 Å². The van der Waals surface area contributed by atoms with Gasteiger partial charge in [0.1, 0.15) is 0 Å². The Bertz CT molecular complexity index is 691. The minimum Gasteiger partial charge on any atom is -0.481 e. The van der Waals surface area contributed by atoms with E-state index in [9.17, 15) is 9.59 Å². The lowest BCUT2D eigenvalue weighted by atomic mass is 10.0. The molecule has 0 spiro atoms. The number of aromatic nitrogens is 2. The van der Waals surface area contributed by atoms with Crippen molar-refractivity contribution in [3.63, 3.8) is 0 Å². The Kier molecular flexibility index (Phi) is 4.21. The van der Waals surface area contributed by atoms with Crippen molar-refractivity contribution in [1.29, 1.82) is 0 Å². The van der Waals surface area contributed by atoms with E-state index in [1.54, 1.807) is 13.0 Å². The van der Waals surface area contributed by atoms with Gasteiger partial charge in [0.2, 0.25) is 0 Å². The fourth-order valence-corrected chi connectivity index (χ4v) is 1.97. The number of carbonyl (C=O) groups is 2. The normalized spacial score (nSPS) is 11.0. The number of nitrogens with zero attached hydrogens (tertiary/aromatic N) is 2. The predicted octanol–water partition coefficient (Wildman–Crippen LogP) is 1.86. The molecular formula is C14H17N3O4. The molecule has 2 aromatic heterocycles. The standard InChI is InChI=1S/C14H17N3O4/c1-7(2)10-6-9(13(20)15-5-4-11(18)19)12-8(3)17-21-14(12)16-10/h6-7H,4-5H2,1-3H3,(H,15,20)(H,18,19). The second-order valence-corrected chi connectivity index (χ2v) is 5.10. The molecule has 21 heavy (non-hydrogen) atoms. The molecule has 0 atom stereocenters. The zero-order chi connectivity index (χ0) is 15.6. The van der Waals surface area contributed by atoms with Crippen LogP contribution in [0.1, 0.15) is 47.9 Å². The quantitative estimate of drug-likeness (QED) is 0.871. The molecule has 0 saturated heterocycles. The minimum absolute atomic E-state index is 0.0688. The molecule has 2 heterocycles. The Morgan fingerprint density at radius 1 is 1.43 bits per heavy atom. The van der Waals surface area contributed by atoms with Gasteiger partial charge in [-0.25, -0.2) is 4.98 Å². The third-order valence-electron chi connectivity index (χ3n) is 3.10. The molecule has 2 aromatic rings. The van der Waals surface area contributed by atoms with Gasteiger partial charge in [-0.15, -0.1) is 0 Å². The highest BCUT2D eigenvalue weighted by Gasteiger charge is 2.19. The van der Waals surface area contributed by atoms with Crippen molar-refractivity contribution < 1.29 is 19.2 Å². The number of pyridine rings is 1. The molecule has 0 radical (unpaired) electrons. The number of aliphatic carboxylic acids is 1. The van der Waals surface area contributed by atoms with Crippen LogP contribution in [-0.2, 0) is 4.79 Å². The first kappa shape index (κ1) is 15.0. The molecule has 2 rings (SSSR count). The molecule has 0 fully saturated rings. The Hall–Kier alpha value is -2.44. The van der Waals surface area contributed by atoms with Crippen LogP contribution in [0.3, 0.4) is 0 Å². The number of hydrogen-bond donors (Lipinski definition) is 2. The number of hydrogen-bond acceptors (Lipinski definition) is 5. The summed E-state index contributed by atoms with van der Waals surface area (Å²) in [6, 6.07) is 1.70. The third kappa shape index (κ3) is 3.18. The first-order valence-corrected chi connectivity index (χ1v) is 6.67. The van der Waals surface area contributed by atoms with Crippen LogP contribution in [-0.4, -0.2) is 33.7 Å². The van der Waals surface area contributed by atoms with Gasteiger partial charge in [0.15, 0.2) is 0 Å². The molecule has 0 unspecified atom stereocenters. The molecule has 0 aliphatic rings. The van der Waals surface area contributed by atoms with Crippen molar-refractivity contribution in [3.8, 4) is 0 Å². The summed E-state index contributed by atoms with van der Waals surface area (Å²) in [7, 11) is 0. The first-order valence-electron chi connectivity index (χ1n) is 6.67. The highest BCUT2D eigenvalue weighted by Crippen LogP contribution is 2.24. The number of carbonyl (C=O) groups excluding carboxylic acids is 1. The Balaban J connectivity index is 2.38. The van der Waals surface area contributed by atoms with Gasteiger partial charge in [-0.05, 0) is 18.9 Å². The summed E-state index contributed by atoms with van der Waals surface area (Å²) in [5, 5.41) is 15.6. The predicted molar refractivity (Wildman–Crippen MR) is 75.2 cm³/mol. The van der Waals surface area contributed by atoms with E-state index < -0.39 is 5.97 Å². The summed E-state index contributed by atoms with van der Waals surface area (Å²) in [5.74, 6) is -1.18. The lowest BCUT2D eigenvalue weighted by Gasteiger charge is -2.09. The monoisotopic (exact) mass is 291 g/mol. The molecule has 0 aliphatic carbocycles. The topological polar surface area (TPSA) is 105 Å². The van der Waals surface area contributed by atoms with Crippen LogP contribution in [0, 0.1) is 6.92 Å². The average molecular weight is 291 g/mol. The number of fused-ring (bicyclic) bond motifs is 1. The second kappa shape index (κ2) is 5.90. The van der Waals surface area contributed by atoms with Crippen LogP contribution in [0.15, 0.2) is 10.6 Å². The lowest BCUT2D eigenvalue weighted by Crippen LogP contribution is -2.26. The minimum atomic E-state index is -0.959. The van der Waals surface area contributed by atoms with Gasteiger partial charge in [0.05, 0.1) is 23.1 Å². The number of nitrogens with one attached hydrogen (secondary N) is 1. The van der Waals surface area contributed by atoms with E-state index in [0.29, 0.717) is 22.4 Å². The van der Waals surface area contributed by atoms with Crippen LogP contribution in [0.25, 0.3) is 11.1 Å². The van der Waals surface area contributed by atoms with Crippen molar-refractivity contribution in [2.24, 2.45) is 0 Å². The van der Waals surface area contributed by atoms with Gasteiger partial charge >= 0.3 is 5.97 Å². The van der Waals surface area contributed by atoms with Gasteiger partial charge in [-0.1, -0.05) is 19.0 Å². The number of rotatable bonds is 5. The molecule has 0 bridgehead atoms. The van der Waals surface area contributed by atoms with E-state index in [4.69, 9.17) is 9.63 Å². The van der Waals surface area contributed by atoms with E-state index in [-0.39, 0.29) is 24.8 Å². The largest absolute Gasteiger partial charge is 0.481 e. The van der Waals surface area contributed by atoms with Crippen LogP contribution in [0.4, 0.5) is 0 Å². The SMILES string of the molecule is Cc1noc2nc(C(C)C)cc(C(=O)NCCC(=O)O)c12. The van der Waals surface area contributed by atoms with Crippen molar-refractivity contribution >= 4 is 23.0 Å². The number of carboxylic acid groups (broad SMARTS) is 1. The van der Waals surface area contributed by atoms with E-state index in [1.807, 2.05) is 13.8 Å². The van der Waals surface area contributed by atoms with Gasteiger partial charge < -0.3 is 14.9 Å². The van der Waals surface area contributed by atoms with Crippen molar-refractivity contribution in [3.05, 3.63) is 23.0 Å². The van der Waals surface area contributed by atoms with E-state index >= 15 is 0 Å². The lowest BCUT2D eigenvalue weighted by molar-refractivity contribution is -0.136. The molecule has 7 nitrogen and oxygen atoms in total. The van der Waals surface area contributed by atoms with Crippen molar-refractivity contribution in [1.82, 2.24) is 15.5 Å². The number of carboxylic acids is 1. The molecular weight excluding hydrogens is 274 g/mol. The average Bonchev–Trinajstić information content (AvgIpc) is 2.79. The molecule has 2 N–H and O–H groups in total. The number of amides is 1. The third-order valence-corrected chi connectivity index (χ3v) is 3.10. The molecule has 7 heteroatoms. The van der Waals surface area contributed by atoms with E-state index in [1.165, 1.54) is 0 Å². The number of aryl methyl sites for hydroxylation is 1. The summed E-state index contributed by atoms with van der Waals surface area (Å²) >= 11 is 0. The maximum atomic E-state index is 12.3. The van der Waals surface area contributed by atoms with E-state index in [2.05, 4.69) is 15.5 Å². The van der Waals surface area contributed by atoms with Gasteiger partial charge in [-0.3, -0.25) is 9.59 Å². The second-order valence-electron chi connectivity index (χ2n) is 5.10. The fraction of sp³-hybridized carbons (Fsp3) is 0.429. The fourth-order valence-electron chi connectivity index (χ4n) is 1.97. The van der Waals surface area contributed by atoms with Crippen LogP contribution >= 0.6 is 0 Å². The van der Waals surface area contributed by atoms with Crippen LogP contribution < -0.4 is 5.32 Å². The zero-order valence-electron chi connectivity index (χ0n) is 12.1. The molecule has 0 saturated carbocycles. The van der Waals surface area contributed by atoms with Crippen molar-refractivity contribution in [2.75, 3.05) is 6.54 Å². The van der Waals surface area contributed by atoms with Crippen molar-refractivity contribution in [2.45, 2.75) is 33.1 Å². The maximum Gasteiger partial charge on any atom is 0.305 e. The van der Waals surface area contributed by atoms with E-state index in [0.717, 1.165) is 5.69 Å². The Morgan fingerprint density at radius 3 is 2.76 bits per heavy atom. The van der Waals surface area contributed by atoms with Gasteiger partial charge in [0.25, 0.3) is 11.6 Å². The Morgan fingerprint density at radius 2 is 2.14 bits per heavy atom. The molecule has 0 aromatic carbocycles. The summed E-state index contributed by atoms with van der Waals surface area (Å²) in [5.41, 5.74) is 2.04. The summed E-state index contributed by atoms with van der Waals surface area (Å²) < 4.78 is 5.14. The maximum absolute atomic E-state index is 12.3. The highest BCUT2D eigenvalue weighted by atomic mass is 16.5. The molecule has 112 valence electrons. The smallest absolute Gasteiger partial charge is 0.305 e. The summed E-state index contributed by atoms with van der Waals surface area (Å²) in [6.45, 7) is 5.73. The molecule has 1 amide bonds. The highest BCUT2D eigenvalue weighted by molar-refractivity contribution is 6.06. The first-order chi connectivity index (χ1) is 9.90. The summed E-state index contributed by atoms with van der Waals surface area (Å²) in [4.78, 5) is 27.1. The van der Waals surface area contributed by atoms with Crippen LogP contribution in [0.2, 0.25) is 0 Å². The molecule has 0 aliphatic heterocycles. The Labute approximate surface area is 121 Å². The zero-order valence-corrected chi connectivity index (χ0v) is 12.1. The summed E-state index contributed by atoms with van der Waals surface area (Å²) in [6.07, 6.45) is -0.125.